The number of hydrogen-bond donors (Lipinski definition) is 2. The molecule has 0 aliphatic rings. The first kappa shape index (κ1) is 19.6. The lowest BCUT2D eigenvalue weighted by Crippen LogP contribution is -2.08. The van der Waals surface area contributed by atoms with Crippen LogP contribution in [0.2, 0.25) is 10.3 Å². The van der Waals surface area contributed by atoms with Crippen LogP contribution in [0.4, 0.5) is 0 Å². The van der Waals surface area contributed by atoms with E-state index in [1.165, 1.54) is 6.33 Å². The van der Waals surface area contributed by atoms with Crippen molar-refractivity contribution in [3.05, 3.63) is 119 Å². The third-order valence-corrected chi connectivity index (χ3v) is 5.89. The first-order valence-electron chi connectivity index (χ1n) is 9.85. The van der Waals surface area contributed by atoms with Gasteiger partial charge >= 0.3 is 0 Å². The van der Waals surface area contributed by atoms with Crippen molar-refractivity contribution in [3.8, 4) is 22.5 Å². The van der Waals surface area contributed by atoms with Crippen molar-refractivity contribution in [1.82, 2.24) is 19.9 Å². The first-order valence-corrected chi connectivity index (χ1v) is 10.6. The maximum Gasteiger partial charge on any atom is 0.138 e. The predicted octanol–water partition coefficient (Wildman–Crippen LogP) is 6.95. The number of nitrogens with zero attached hydrogens (tertiary/aromatic N) is 2. The lowest BCUT2D eigenvalue weighted by Gasteiger charge is -2.17. The van der Waals surface area contributed by atoms with Crippen molar-refractivity contribution in [2.45, 2.75) is 5.92 Å². The Morgan fingerprint density at radius 3 is 1.48 bits per heavy atom. The Balaban J connectivity index is 1.63. The largest absolute Gasteiger partial charge is 0.358 e. The van der Waals surface area contributed by atoms with Crippen molar-refractivity contribution >= 4 is 23.2 Å². The molecule has 0 aliphatic carbocycles. The van der Waals surface area contributed by atoms with Gasteiger partial charge in [-0.1, -0.05) is 83.9 Å². The zero-order chi connectivity index (χ0) is 21.2. The Morgan fingerprint density at radius 2 is 1.03 bits per heavy atom. The standard InChI is InChI=1S/C25H18Cl2N4/c26-24-23(25(27)29-15-28-24)22(20-13-11-18(30-20)16-7-3-1-4-8-16)21-14-12-19(31-21)17-9-5-2-6-10-17/h1-15,22,30-31H. The lowest BCUT2D eigenvalue weighted by atomic mass is 9.95. The molecule has 6 heteroatoms. The van der Waals surface area contributed by atoms with Gasteiger partial charge in [0.15, 0.2) is 0 Å². The monoisotopic (exact) mass is 444 g/mol. The summed E-state index contributed by atoms with van der Waals surface area (Å²) >= 11 is 13.0. The zero-order valence-corrected chi connectivity index (χ0v) is 17.9. The van der Waals surface area contributed by atoms with Crippen LogP contribution >= 0.6 is 23.2 Å². The summed E-state index contributed by atoms with van der Waals surface area (Å²) < 4.78 is 0. The summed E-state index contributed by atoms with van der Waals surface area (Å²) in [6, 6.07) is 28.6. The molecule has 0 radical (unpaired) electrons. The molecule has 0 spiro atoms. The molecule has 0 aliphatic heterocycles. The molecular weight excluding hydrogens is 427 g/mol. The van der Waals surface area contributed by atoms with Crippen molar-refractivity contribution in [2.75, 3.05) is 0 Å². The van der Waals surface area contributed by atoms with E-state index in [1.807, 2.05) is 36.4 Å². The molecule has 0 saturated carbocycles. The Labute approximate surface area is 189 Å². The highest BCUT2D eigenvalue weighted by molar-refractivity contribution is 6.34. The van der Waals surface area contributed by atoms with Crippen LogP contribution in [-0.4, -0.2) is 19.9 Å². The number of halogens is 2. The van der Waals surface area contributed by atoms with Gasteiger partial charge in [-0.2, -0.15) is 0 Å². The van der Waals surface area contributed by atoms with Crippen LogP contribution in [0.25, 0.3) is 22.5 Å². The number of nitrogens with one attached hydrogen (secondary N) is 2. The van der Waals surface area contributed by atoms with E-state index in [-0.39, 0.29) is 5.92 Å². The summed E-state index contributed by atoms with van der Waals surface area (Å²) in [6.07, 6.45) is 1.37. The second-order valence-corrected chi connectivity index (χ2v) is 7.90. The zero-order valence-electron chi connectivity index (χ0n) is 16.4. The first-order chi connectivity index (χ1) is 15.2. The molecule has 0 fully saturated rings. The van der Waals surface area contributed by atoms with Crippen LogP contribution in [-0.2, 0) is 0 Å². The van der Waals surface area contributed by atoms with Gasteiger partial charge in [0.25, 0.3) is 0 Å². The minimum atomic E-state index is -0.281. The molecule has 5 aromatic rings. The van der Waals surface area contributed by atoms with Crippen molar-refractivity contribution in [3.63, 3.8) is 0 Å². The molecule has 2 N–H and O–H groups in total. The van der Waals surface area contributed by atoms with E-state index < -0.39 is 0 Å². The highest BCUT2D eigenvalue weighted by atomic mass is 35.5. The van der Waals surface area contributed by atoms with Gasteiger partial charge in [-0.25, -0.2) is 9.97 Å². The molecule has 0 saturated heterocycles. The number of hydrogen-bond acceptors (Lipinski definition) is 2. The predicted molar refractivity (Wildman–Crippen MR) is 125 cm³/mol. The molecule has 31 heavy (non-hydrogen) atoms. The third-order valence-electron chi connectivity index (χ3n) is 5.28. The van der Waals surface area contributed by atoms with E-state index in [2.05, 4.69) is 68.5 Å². The Kier molecular flexibility index (Phi) is 5.33. The maximum absolute atomic E-state index is 6.51. The van der Waals surface area contributed by atoms with Crippen molar-refractivity contribution in [1.29, 1.82) is 0 Å². The van der Waals surface area contributed by atoms with Gasteiger partial charge in [-0.3, -0.25) is 0 Å². The third kappa shape index (κ3) is 3.88. The Morgan fingerprint density at radius 1 is 0.581 bits per heavy atom. The molecule has 0 bridgehead atoms. The number of H-pyrrole nitrogens is 2. The summed E-state index contributed by atoms with van der Waals surface area (Å²) in [5.41, 5.74) is 6.78. The topological polar surface area (TPSA) is 57.4 Å². The van der Waals surface area contributed by atoms with Gasteiger partial charge in [-0.05, 0) is 35.4 Å². The molecule has 3 aromatic heterocycles. The van der Waals surface area contributed by atoms with E-state index in [1.54, 1.807) is 0 Å². The van der Waals surface area contributed by atoms with Gasteiger partial charge in [0.05, 0.1) is 5.92 Å². The molecule has 152 valence electrons. The van der Waals surface area contributed by atoms with Gasteiger partial charge in [0.2, 0.25) is 0 Å². The summed E-state index contributed by atoms with van der Waals surface area (Å²) in [6.45, 7) is 0. The Hall–Kier alpha value is -3.34. The van der Waals surface area contributed by atoms with Crippen LogP contribution in [0.3, 0.4) is 0 Å². The van der Waals surface area contributed by atoms with E-state index in [0.29, 0.717) is 15.9 Å². The molecule has 0 atom stereocenters. The average Bonchev–Trinajstić information content (AvgIpc) is 3.48. The van der Waals surface area contributed by atoms with Crippen LogP contribution in [0.1, 0.15) is 22.9 Å². The quantitative estimate of drug-likeness (QED) is 0.288. The number of benzene rings is 2. The van der Waals surface area contributed by atoms with Crippen molar-refractivity contribution < 1.29 is 0 Å². The van der Waals surface area contributed by atoms with Gasteiger partial charge in [0, 0.05) is 28.3 Å². The fourth-order valence-corrected chi connectivity index (χ4v) is 4.34. The number of aromatic nitrogens is 4. The highest BCUT2D eigenvalue weighted by Crippen LogP contribution is 2.39. The van der Waals surface area contributed by atoms with E-state index in [4.69, 9.17) is 23.2 Å². The molecule has 3 heterocycles. The normalized spacial score (nSPS) is 11.2. The second-order valence-electron chi connectivity index (χ2n) is 7.19. The Bertz CT molecular complexity index is 1210. The van der Waals surface area contributed by atoms with Gasteiger partial charge < -0.3 is 9.97 Å². The molecular formula is C25H18Cl2N4. The summed E-state index contributed by atoms with van der Waals surface area (Å²) in [5, 5.41) is 0.661. The maximum atomic E-state index is 6.51. The van der Waals surface area contributed by atoms with Crippen LogP contribution in [0.5, 0.6) is 0 Å². The smallest absolute Gasteiger partial charge is 0.138 e. The van der Waals surface area contributed by atoms with Crippen molar-refractivity contribution in [2.24, 2.45) is 0 Å². The van der Waals surface area contributed by atoms with Crippen LogP contribution < -0.4 is 0 Å². The average molecular weight is 445 g/mol. The lowest BCUT2D eigenvalue weighted by molar-refractivity contribution is 0.879. The SMILES string of the molecule is Clc1ncnc(Cl)c1C(c1ccc(-c2ccccc2)[nH]1)c1ccc(-c2ccccc2)[nH]1. The second kappa shape index (κ2) is 8.42. The summed E-state index contributed by atoms with van der Waals surface area (Å²) in [7, 11) is 0. The molecule has 0 unspecified atom stereocenters. The molecule has 4 nitrogen and oxygen atoms in total. The fourth-order valence-electron chi connectivity index (χ4n) is 3.80. The summed E-state index contributed by atoms with van der Waals surface area (Å²) in [5.74, 6) is -0.281. The number of aromatic amines is 2. The number of rotatable bonds is 5. The van der Waals surface area contributed by atoms with E-state index in [9.17, 15) is 0 Å². The molecule has 5 rings (SSSR count). The van der Waals surface area contributed by atoms with E-state index in [0.717, 1.165) is 33.9 Å². The molecule has 0 amide bonds. The van der Waals surface area contributed by atoms with Crippen LogP contribution in [0, 0.1) is 0 Å². The highest BCUT2D eigenvalue weighted by Gasteiger charge is 2.26. The summed E-state index contributed by atoms with van der Waals surface area (Å²) in [4.78, 5) is 15.4. The van der Waals surface area contributed by atoms with Gasteiger partial charge in [0.1, 0.15) is 16.6 Å². The minimum absolute atomic E-state index is 0.281. The molecule has 2 aromatic carbocycles. The van der Waals surface area contributed by atoms with Crippen LogP contribution in [0.15, 0.2) is 91.3 Å². The minimum Gasteiger partial charge on any atom is -0.358 e. The van der Waals surface area contributed by atoms with E-state index >= 15 is 0 Å². The van der Waals surface area contributed by atoms with Gasteiger partial charge in [-0.15, -0.1) is 0 Å². The fraction of sp³-hybridized carbons (Fsp3) is 0.0400.